The van der Waals surface area contributed by atoms with Crippen LogP contribution in [0, 0.1) is 0 Å². The molecule has 1 aliphatic heterocycles. The van der Waals surface area contributed by atoms with Crippen molar-refractivity contribution in [2.45, 2.75) is 32.2 Å². The highest BCUT2D eigenvalue weighted by atomic mass is 16.2. The maximum Gasteiger partial charge on any atom is 0.261 e. The lowest BCUT2D eigenvalue weighted by molar-refractivity contribution is 0.0650. The number of fused-ring (bicyclic) bond motifs is 1. The Morgan fingerprint density at radius 3 is 2.21 bits per heavy atom. The van der Waals surface area contributed by atoms with Crippen LogP contribution in [0.15, 0.2) is 24.3 Å². The molecule has 0 saturated carbocycles. The molecule has 0 saturated heterocycles. The van der Waals surface area contributed by atoms with Crippen LogP contribution in [0.2, 0.25) is 0 Å². The highest BCUT2D eigenvalue weighted by molar-refractivity contribution is 6.21. The van der Waals surface area contributed by atoms with Crippen LogP contribution in [0.25, 0.3) is 0 Å². The Morgan fingerprint density at radius 1 is 1.16 bits per heavy atom. The van der Waals surface area contributed by atoms with Gasteiger partial charge in [0.25, 0.3) is 11.8 Å². The number of imide groups is 1. The normalized spacial score (nSPS) is 15.8. The second-order valence-corrected chi connectivity index (χ2v) is 4.84. The Bertz CT molecular complexity index is 446. The predicted octanol–water partition coefficient (Wildman–Crippen LogP) is 2.06. The Balaban J connectivity index is 1.97. The maximum atomic E-state index is 12.1. The largest absolute Gasteiger partial charge is 0.317 e. The van der Waals surface area contributed by atoms with E-state index in [0.29, 0.717) is 23.7 Å². The van der Waals surface area contributed by atoms with Crippen molar-refractivity contribution in [3.05, 3.63) is 35.4 Å². The summed E-state index contributed by atoms with van der Waals surface area (Å²) in [4.78, 5) is 25.6. The summed E-state index contributed by atoms with van der Waals surface area (Å²) in [5.74, 6) is -0.309. The summed E-state index contributed by atoms with van der Waals surface area (Å²) in [6.07, 6.45) is 2.86. The van der Waals surface area contributed by atoms with Gasteiger partial charge in [0.05, 0.1) is 11.1 Å². The molecule has 1 aliphatic rings. The molecule has 4 heteroatoms. The second kappa shape index (κ2) is 5.97. The maximum absolute atomic E-state index is 12.1. The first-order valence-corrected chi connectivity index (χ1v) is 6.81. The van der Waals surface area contributed by atoms with Crippen molar-refractivity contribution < 1.29 is 9.59 Å². The van der Waals surface area contributed by atoms with Crippen molar-refractivity contribution >= 4 is 11.8 Å². The van der Waals surface area contributed by atoms with Crippen LogP contribution in [0.1, 0.15) is 46.9 Å². The van der Waals surface area contributed by atoms with Crippen molar-refractivity contribution in [2.75, 3.05) is 13.6 Å². The molecule has 1 aromatic rings. The molecule has 0 fully saturated rings. The third-order valence-corrected chi connectivity index (χ3v) is 3.71. The minimum absolute atomic E-state index is 0.155. The van der Waals surface area contributed by atoms with E-state index >= 15 is 0 Å². The van der Waals surface area contributed by atoms with E-state index in [9.17, 15) is 9.59 Å². The number of hydrogen-bond donors (Lipinski definition) is 1. The Hall–Kier alpha value is -1.68. The molecule has 1 N–H and O–H groups in total. The molecule has 2 amide bonds. The summed E-state index contributed by atoms with van der Waals surface area (Å²) in [7, 11) is 1.94. The van der Waals surface area contributed by atoms with Crippen molar-refractivity contribution in [1.29, 1.82) is 0 Å². The monoisotopic (exact) mass is 260 g/mol. The van der Waals surface area contributed by atoms with E-state index in [1.807, 2.05) is 7.05 Å². The highest BCUT2D eigenvalue weighted by Gasteiger charge is 2.34. The molecular formula is C15H20N2O2. The number of rotatable bonds is 6. The first kappa shape index (κ1) is 13.7. The van der Waals surface area contributed by atoms with E-state index in [2.05, 4.69) is 12.2 Å². The van der Waals surface area contributed by atoms with Crippen LogP contribution in [0.3, 0.4) is 0 Å². The van der Waals surface area contributed by atoms with Crippen LogP contribution in [-0.4, -0.2) is 36.3 Å². The number of nitrogens with one attached hydrogen (secondary N) is 1. The molecule has 1 heterocycles. The molecule has 1 aromatic carbocycles. The number of hydrogen-bond acceptors (Lipinski definition) is 3. The number of carbonyl (C=O) groups is 2. The van der Waals surface area contributed by atoms with Crippen LogP contribution in [0.4, 0.5) is 0 Å². The summed E-state index contributed by atoms with van der Waals surface area (Å²) in [5.41, 5.74) is 1.07. The number of nitrogens with zero attached hydrogens (tertiary/aromatic N) is 1. The Labute approximate surface area is 113 Å². The van der Waals surface area contributed by atoms with E-state index < -0.39 is 0 Å². The number of carbonyl (C=O) groups excluding carboxylic acids is 2. The van der Waals surface area contributed by atoms with Crippen LogP contribution < -0.4 is 5.32 Å². The van der Waals surface area contributed by atoms with E-state index in [0.717, 1.165) is 19.3 Å². The summed E-state index contributed by atoms with van der Waals surface area (Å²) in [6.45, 7) is 2.63. The third kappa shape index (κ3) is 2.68. The second-order valence-electron chi connectivity index (χ2n) is 4.84. The number of benzene rings is 1. The Kier molecular flexibility index (Phi) is 4.32. The van der Waals surface area contributed by atoms with Gasteiger partial charge >= 0.3 is 0 Å². The van der Waals surface area contributed by atoms with Gasteiger partial charge in [-0.1, -0.05) is 19.1 Å². The fourth-order valence-electron chi connectivity index (χ4n) is 2.49. The van der Waals surface area contributed by atoms with Gasteiger partial charge in [0, 0.05) is 12.6 Å². The van der Waals surface area contributed by atoms with E-state index in [-0.39, 0.29) is 11.8 Å². The fourth-order valence-corrected chi connectivity index (χ4v) is 2.49. The van der Waals surface area contributed by atoms with Gasteiger partial charge in [-0.05, 0) is 38.4 Å². The lowest BCUT2D eigenvalue weighted by Gasteiger charge is -2.17. The van der Waals surface area contributed by atoms with Crippen molar-refractivity contribution in [3.63, 3.8) is 0 Å². The van der Waals surface area contributed by atoms with Gasteiger partial charge in [-0.3, -0.25) is 14.5 Å². The molecule has 2 rings (SSSR count). The molecular weight excluding hydrogens is 240 g/mol. The average Bonchev–Trinajstić information content (AvgIpc) is 2.69. The molecule has 0 bridgehead atoms. The van der Waals surface area contributed by atoms with Crippen molar-refractivity contribution in [2.24, 2.45) is 0 Å². The molecule has 4 nitrogen and oxygen atoms in total. The molecule has 0 unspecified atom stereocenters. The third-order valence-electron chi connectivity index (χ3n) is 3.71. The fraction of sp³-hybridized carbons (Fsp3) is 0.467. The zero-order valence-corrected chi connectivity index (χ0v) is 11.5. The summed E-state index contributed by atoms with van der Waals surface area (Å²) in [5, 5.41) is 3.23. The van der Waals surface area contributed by atoms with Gasteiger partial charge in [-0.2, -0.15) is 0 Å². The minimum Gasteiger partial charge on any atom is -0.317 e. The van der Waals surface area contributed by atoms with E-state index in [4.69, 9.17) is 0 Å². The van der Waals surface area contributed by atoms with Gasteiger partial charge in [-0.25, -0.2) is 0 Å². The summed E-state index contributed by atoms with van der Waals surface area (Å²) in [6, 6.07) is 7.48. The van der Waals surface area contributed by atoms with Crippen molar-refractivity contribution in [3.8, 4) is 0 Å². The lowest BCUT2D eigenvalue weighted by Crippen LogP contribution is -2.32. The van der Waals surface area contributed by atoms with Crippen LogP contribution >= 0.6 is 0 Å². The summed E-state index contributed by atoms with van der Waals surface area (Å²) >= 11 is 0. The average molecular weight is 260 g/mol. The van der Waals surface area contributed by atoms with Gasteiger partial charge in [-0.15, -0.1) is 0 Å². The number of amides is 2. The zero-order valence-electron chi connectivity index (χ0n) is 11.5. The molecule has 0 spiro atoms. The van der Waals surface area contributed by atoms with Gasteiger partial charge in [0.1, 0.15) is 0 Å². The highest BCUT2D eigenvalue weighted by Crippen LogP contribution is 2.22. The van der Waals surface area contributed by atoms with Crippen LogP contribution in [-0.2, 0) is 0 Å². The molecule has 0 aromatic heterocycles. The predicted molar refractivity (Wildman–Crippen MR) is 74.2 cm³/mol. The van der Waals surface area contributed by atoms with Gasteiger partial charge in [0.15, 0.2) is 0 Å². The molecule has 19 heavy (non-hydrogen) atoms. The zero-order chi connectivity index (χ0) is 13.8. The topological polar surface area (TPSA) is 49.4 Å². The first-order valence-electron chi connectivity index (χ1n) is 6.81. The standard InChI is InChI=1S/C15H20N2O2/c1-3-11(16-2)7-6-10-17-14(18)12-8-4-5-9-13(12)15(17)19/h4-5,8-9,11,16H,3,6-7,10H2,1-2H3/t11-/m1/s1. The smallest absolute Gasteiger partial charge is 0.261 e. The van der Waals surface area contributed by atoms with E-state index in [1.54, 1.807) is 24.3 Å². The first-order chi connectivity index (χ1) is 9.19. The van der Waals surface area contributed by atoms with Gasteiger partial charge in [0.2, 0.25) is 0 Å². The lowest BCUT2D eigenvalue weighted by atomic mass is 10.1. The SMILES string of the molecule is CC[C@H](CCCN1C(=O)c2ccccc2C1=O)NC. The molecule has 0 radical (unpaired) electrons. The van der Waals surface area contributed by atoms with Crippen molar-refractivity contribution in [1.82, 2.24) is 10.2 Å². The summed E-state index contributed by atoms with van der Waals surface area (Å²) < 4.78 is 0. The minimum atomic E-state index is -0.155. The molecule has 102 valence electrons. The van der Waals surface area contributed by atoms with Gasteiger partial charge < -0.3 is 5.32 Å². The van der Waals surface area contributed by atoms with Crippen LogP contribution in [0.5, 0.6) is 0 Å². The Morgan fingerprint density at radius 2 is 1.74 bits per heavy atom. The van der Waals surface area contributed by atoms with E-state index in [1.165, 1.54) is 4.90 Å². The molecule has 1 atom stereocenters. The molecule has 0 aliphatic carbocycles. The quantitative estimate of drug-likeness (QED) is 0.796.